The second-order valence-corrected chi connectivity index (χ2v) is 7.54. The summed E-state index contributed by atoms with van der Waals surface area (Å²) in [5.74, 6) is 0.915. The van der Waals surface area contributed by atoms with Gasteiger partial charge in [0.1, 0.15) is 17.7 Å². The largest absolute Gasteiger partial charge is 0.493 e. The van der Waals surface area contributed by atoms with Crippen LogP contribution in [0.25, 0.3) is 16.9 Å². The zero-order valence-electron chi connectivity index (χ0n) is 17.6. The zero-order chi connectivity index (χ0) is 22.7. The lowest BCUT2D eigenvalue weighted by Gasteiger charge is -2.15. The van der Waals surface area contributed by atoms with Crippen molar-refractivity contribution in [1.29, 1.82) is 0 Å². The predicted molar refractivity (Wildman–Crippen MR) is 118 cm³/mol. The molecule has 1 N–H and O–H groups in total. The maximum Gasteiger partial charge on any atom is 0.203 e. The number of carbonyl (C=O) groups excluding carboxylic acids is 1. The molecule has 4 rings (SSSR count). The highest BCUT2D eigenvalue weighted by Gasteiger charge is 2.21. The summed E-state index contributed by atoms with van der Waals surface area (Å²) in [7, 11) is 4.50. The molecule has 0 unspecified atom stereocenters. The number of aliphatic hydroxyl groups excluding tert-OH is 1. The Morgan fingerprint density at radius 1 is 1.09 bits per heavy atom. The molecule has 0 aliphatic rings. The first-order chi connectivity index (χ1) is 15.6. The Balaban J connectivity index is 1.83. The molecule has 0 atom stereocenters. The number of methoxy groups -OCH3 is 3. The number of ether oxygens (including phenoxy) is 3. The van der Waals surface area contributed by atoms with Gasteiger partial charge >= 0.3 is 0 Å². The highest BCUT2D eigenvalue weighted by atomic mass is 32.1. The van der Waals surface area contributed by atoms with Crippen molar-refractivity contribution in [2.45, 2.75) is 6.61 Å². The molecule has 164 valence electrons. The average Bonchev–Trinajstić information content (AvgIpc) is 3.54. The van der Waals surface area contributed by atoms with Crippen molar-refractivity contribution in [1.82, 2.24) is 19.7 Å². The molecule has 10 heteroatoms. The number of aromatic nitrogens is 4. The fourth-order valence-corrected chi connectivity index (χ4v) is 3.95. The third-order valence-corrected chi connectivity index (χ3v) is 5.65. The number of rotatable bonds is 8. The van der Waals surface area contributed by atoms with Gasteiger partial charge in [0, 0.05) is 22.1 Å². The number of hydrogen-bond acceptors (Lipinski definition) is 9. The lowest BCUT2D eigenvalue weighted by molar-refractivity contribution is 0.103. The summed E-state index contributed by atoms with van der Waals surface area (Å²) in [6.07, 6.45) is 2.92. The molecule has 0 bridgehead atoms. The molecule has 2 aromatic heterocycles. The molecular formula is C22H20N4O5S. The Hall–Kier alpha value is -3.76. The normalized spacial score (nSPS) is 10.8. The fraction of sp³-hybridized carbons (Fsp3) is 0.182. The summed E-state index contributed by atoms with van der Waals surface area (Å²) in [4.78, 5) is 22.0. The van der Waals surface area contributed by atoms with Crippen molar-refractivity contribution in [2.24, 2.45) is 0 Å². The van der Waals surface area contributed by atoms with Crippen LogP contribution in [0.4, 0.5) is 0 Å². The van der Waals surface area contributed by atoms with Crippen molar-refractivity contribution in [3.05, 3.63) is 64.5 Å². The van der Waals surface area contributed by atoms with E-state index in [1.807, 2.05) is 17.5 Å². The molecule has 0 radical (unpaired) electrons. The van der Waals surface area contributed by atoms with Crippen molar-refractivity contribution >= 4 is 17.1 Å². The topological polar surface area (TPSA) is 109 Å². The van der Waals surface area contributed by atoms with E-state index in [2.05, 4.69) is 15.1 Å². The van der Waals surface area contributed by atoms with Crippen LogP contribution in [0.5, 0.6) is 17.2 Å². The third-order valence-electron chi connectivity index (χ3n) is 4.82. The standard InChI is InChI=1S/C22H20N4O5S/c1-29-18-7-14(8-19(30-2)22(18)31-3)21(28)15-5-4-13(16-10-32-20(9-27)25-16)6-17(15)26-12-23-11-24-26/h4-8,10-12,27H,9H2,1-3H3. The monoisotopic (exact) mass is 452 g/mol. The van der Waals surface area contributed by atoms with Crippen molar-refractivity contribution in [3.8, 4) is 34.2 Å². The SMILES string of the molecule is COc1cc(C(=O)c2ccc(-c3csc(CO)n3)cc2-n2cncn2)cc(OC)c1OC. The molecule has 32 heavy (non-hydrogen) atoms. The highest BCUT2D eigenvalue weighted by molar-refractivity contribution is 7.09. The van der Waals surface area contributed by atoms with Crippen LogP contribution in [0.2, 0.25) is 0 Å². The predicted octanol–water partition coefficient (Wildman–Crippen LogP) is 3.14. The molecule has 9 nitrogen and oxygen atoms in total. The van der Waals surface area contributed by atoms with E-state index in [0.717, 1.165) is 5.56 Å². The van der Waals surface area contributed by atoms with Gasteiger partial charge in [0.2, 0.25) is 5.75 Å². The first-order valence-electron chi connectivity index (χ1n) is 9.49. The van der Waals surface area contributed by atoms with Gasteiger partial charge in [-0.25, -0.2) is 14.6 Å². The van der Waals surface area contributed by atoms with Crippen molar-refractivity contribution in [2.75, 3.05) is 21.3 Å². The van der Waals surface area contributed by atoms with E-state index in [-0.39, 0.29) is 12.4 Å². The minimum atomic E-state index is -0.254. The summed E-state index contributed by atoms with van der Waals surface area (Å²) in [6.45, 7) is -0.127. The molecule has 0 saturated carbocycles. The highest BCUT2D eigenvalue weighted by Crippen LogP contribution is 2.39. The molecule has 0 fully saturated rings. The number of thiazole rings is 1. The lowest BCUT2D eigenvalue weighted by Crippen LogP contribution is -2.09. The van der Waals surface area contributed by atoms with Crippen LogP contribution >= 0.6 is 11.3 Å². The Morgan fingerprint density at radius 3 is 2.41 bits per heavy atom. The van der Waals surface area contributed by atoms with Gasteiger partial charge in [-0.2, -0.15) is 5.10 Å². The van der Waals surface area contributed by atoms with Crippen LogP contribution in [0.15, 0.2) is 48.4 Å². The van der Waals surface area contributed by atoms with Gasteiger partial charge in [0.25, 0.3) is 0 Å². The van der Waals surface area contributed by atoms with E-state index in [0.29, 0.717) is 44.8 Å². The molecular weight excluding hydrogens is 432 g/mol. The minimum Gasteiger partial charge on any atom is -0.493 e. The minimum absolute atomic E-state index is 0.127. The van der Waals surface area contributed by atoms with Crippen molar-refractivity contribution < 1.29 is 24.1 Å². The Labute approximate surface area is 187 Å². The lowest BCUT2D eigenvalue weighted by atomic mass is 9.98. The summed E-state index contributed by atoms with van der Waals surface area (Å²) in [6, 6.07) is 8.56. The van der Waals surface area contributed by atoms with Crippen LogP contribution in [0, 0.1) is 0 Å². The number of benzene rings is 2. The van der Waals surface area contributed by atoms with E-state index in [1.165, 1.54) is 50.0 Å². The van der Waals surface area contributed by atoms with Gasteiger partial charge in [-0.05, 0) is 24.3 Å². The van der Waals surface area contributed by atoms with E-state index in [4.69, 9.17) is 14.2 Å². The van der Waals surface area contributed by atoms with Gasteiger partial charge in [-0.3, -0.25) is 4.79 Å². The van der Waals surface area contributed by atoms with E-state index >= 15 is 0 Å². The van der Waals surface area contributed by atoms with Crippen LogP contribution < -0.4 is 14.2 Å². The Bertz CT molecular complexity index is 1230. The first kappa shape index (κ1) is 21.5. The van der Waals surface area contributed by atoms with Gasteiger partial charge in [0.15, 0.2) is 17.3 Å². The molecule has 0 amide bonds. The first-order valence-corrected chi connectivity index (χ1v) is 10.4. The van der Waals surface area contributed by atoms with E-state index < -0.39 is 0 Å². The summed E-state index contributed by atoms with van der Waals surface area (Å²) < 4.78 is 17.6. The molecule has 0 spiro atoms. The molecule has 0 aliphatic carbocycles. The van der Waals surface area contributed by atoms with Gasteiger partial charge in [-0.15, -0.1) is 11.3 Å². The number of aliphatic hydroxyl groups is 1. The van der Waals surface area contributed by atoms with Crippen LogP contribution in [-0.2, 0) is 6.61 Å². The average molecular weight is 452 g/mol. The molecule has 2 aromatic carbocycles. The Kier molecular flexibility index (Phi) is 6.15. The quantitative estimate of drug-likeness (QED) is 0.406. The van der Waals surface area contributed by atoms with Crippen LogP contribution in [-0.4, -0.2) is 52.0 Å². The maximum atomic E-state index is 13.5. The number of ketones is 1. The van der Waals surface area contributed by atoms with Gasteiger partial charge in [-0.1, -0.05) is 6.07 Å². The molecule has 0 saturated heterocycles. The van der Waals surface area contributed by atoms with Crippen LogP contribution in [0.3, 0.4) is 0 Å². The zero-order valence-corrected chi connectivity index (χ0v) is 18.4. The second kappa shape index (κ2) is 9.16. The summed E-state index contributed by atoms with van der Waals surface area (Å²) in [5.41, 5.74) is 2.80. The summed E-state index contributed by atoms with van der Waals surface area (Å²) >= 11 is 1.36. The number of hydrogen-bond donors (Lipinski definition) is 1. The van der Waals surface area contributed by atoms with Crippen molar-refractivity contribution in [3.63, 3.8) is 0 Å². The molecule has 0 aliphatic heterocycles. The van der Waals surface area contributed by atoms with E-state index in [9.17, 15) is 9.90 Å². The summed E-state index contributed by atoms with van der Waals surface area (Å²) in [5, 5.41) is 16.0. The third kappa shape index (κ3) is 3.93. The molecule has 4 aromatic rings. The van der Waals surface area contributed by atoms with Crippen LogP contribution in [0.1, 0.15) is 20.9 Å². The smallest absolute Gasteiger partial charge is 0.203 e. The second-order valence-electron chi connectivity index (χ2n) is 6.60. The number of nitrogens with zero attached hydrogens (tertiary/aromatic N) is 4. The number of carbonyl (C=O) groups is 1. The molecule has 2 heterocycles. The fourth-order valence-electron chi connectivity index (χ4n) is 3.29. The van der Waals surface area contributed by atoms with Gasteiger partial charge in [0.05, 0.1) is 39.3 Å². The Morgan fingerprint density at radius 2 is 1.84 bits per heavy atom. The van der Waals surface area contributed by atoms with E-state index in [1.54, 1.807) is 18.2 Å². The van der Waals surface area contributed by atoms with Gasteiger partial charge < -0.3 is 19.3 Å². The maximum absolute atomic E-state index is 13.5.